The van der Waals surface area contributed by atoms with Crippen LogP contribution in [0.3, 0.4) is 0 Å². The van der Waals surface area contributed by atoms with E-state index >= 15 is 0 Å². The van der Waals surface area contributed by atoms with Crippen molar-refractivity contribution in [3.05, 3.63) is 96.9 Å². The van der Waals surface area contributed by atoms with Gasteiger partial charge in [0, 0.05) is 11.1 Å². The van der Waals surface area contributed by atoms with Gasteiger partial charge in [-0.3, -0.25) is 4.79 Å². The zero-order chi connectivity index (χ0) is 23.8. The summed E-state index contributed by atoms with van der Waals surface area (Å²) in [4.78, 5) is 26.4. The van der Waals surface area contributed by atoms with Gasteiger partial charge in [0.1, 0.15) is 0 Å². The lowest BCUT2D eigenvalue weighted by molar-refractivity contribution is 0.103. The van der Waals surface area contributed by atoms with Crippen LogP contribution < -0.4 is 5.30 Å². The molecule has 0 aromatic heterocycles. The molecule has 0 saturated heterocycles. The maximum atomic E-state index is 13.5. The third-order valence-corrected chi connectivity index (χ3v) is 8.91. The SMILES string of the molecule is Cc1cc(C(C)(C)C)cc(C)c1C(=O)[P+](=O)c1c(Br)ccc(C(=O)c2ccccc2)c1Br. The monoisotopic (exact) mass is 573 g/mol. The maximum Gasteiger partial charge on any atom is 0.461 e. The fourth-order valence-electron chi connectivity index (χ4n) is 3.58. The van der Waals surface area contributed by atoms with Gasteiger partial charge in [0.15, 0.2) is 5.78 Å². The second-order valence-corrected chi connectivity index (χ2v) is 11.9. The normalized spacial score (nSPS) is 11.9. The first-order valence-corrected chi connectivity index (χ1v) is 13.0. The molecule has 0 N–H and O–H groups in total. The molecular weight excluding hydrogens is 551 g/mol. The molecule has 0 spiro atoms. The highest BCUT2D eigenvalue weighted by Crippen LogP contribution is 2.38. The molecule has 3 rings (SSSR count). The summed E-state index contributed by atoms with van der Waals surface area (Å²) in [6, 6.07) is 16.2. The van der Waals surface area contributed by atoms with Gasteiger partial charge in [0.2, 0.25) is 5.30 Å². The van der Waals surface area contributed by atoms with Gasteiger partial charge in [-0.15, -0.1) is 0 Å². The van der Waals surface area contributed by atoms with Crippen LogP contribution in [0.1, 0.15) is 63.7 Å². The number of aryl methyl sites for hydroxylation is 2. The minimum absolute atomic E-state index is 0.0581. The second-order valence-electron chi connectivity index (χ2n) is 8.79. The molecule has 3 aromatic carbocycles. The smallest absolute Gasteiger partial charge is 0.289 e. The van der Waals surface area contributed by atoms with E-state index in [0.717, 1.165) is 16.7 Å². The Morgan fingerprint density at radius 1 is 0.875 bits per heavy atom. The van der Waals surface area contributed by atoms with Gasteiger partial charge in [-0.25, -0.2) is 4.79 Å². The summed E-state index contributed by atoms with van der Waals surface area (Å²) in [5.74, 6) is -0.205. The lowest BCUT2D eigenvalue weighted by atomic mass is 9.84. The first-order valence-electron chi connectivity index (χ1n) is 10.1. The number of hydrogen-bond donors (Lipinski definition) is 0. The summed E-state index contributed by atoms with van der Waals surface area (Å²) < 4.78 is 14.4. The molecule has 0 aliphatic carbocycles. The molecule has 0 bridgehead atoms. The van der Waals surface area contributed by atoms with E-state index in [1.807, 2.05) is 32.0 Å². The van der Waals surface area contributed by atoms with Gasteiger partial charge in [-0.2, -0.15) is 0 Å². The van der Waals surface area contributed by atoms with Crippen LogP contribution in [0, 0.1) is 13.8 Å². The van der Waals surface area contributed by atoms with Crippen molar-refractivity contribution in [2.24, 2.45) is 0 Å². The molecular formula is C26H24Br2O3P+. The largest absolute Gasteiger partial charge is 0.461 e. The van der Waals surface area contributed by atoms with Crippen LogP contribution in [-0.2, 0) is 9.98 Å². The Labute approximate surface area is 206 Å². The number of carbonyl (C=O) groups is 2. The van der Waals surface area contributed by atoms with Gasteiger partial charge in [-0.1, -0.05) is 67.8 Å². The molecule has 6 heteroatoms. The van der Waals surface area contributed by atoms with E-state index in [4.69, 9.17) is 0 Å². The fraction of sp³-hybridized carbons (Fsp3) is 0.231. The van der Waals surface area contributed by atoms with Gasteiger partial charge >= 0.3 is 13.3 Å². The highest BCUT2D eigenvalue weighted by atomic mass is 79.9. The molecule has 32 heavy (non-hydrogen) atoms. The van der Waals surface area contributed by atoms with E-state index in [1.54, 1.807) is 36.4 Å². The van der Waals surface area contributed by atoms with Gasteiger partial charge < -0.3 is 0 Å². The first-order chi connectivity index (χ1) is 14.9. The first kappa shape index (κ1) is 24.7. The molecule has 1 unspecified atom stereocenters. The Kier molecular flexibility index (Phi) is 7.34. The van der Waals surface area contributed by atoms with E-state index in [2.05, 4.69) is 52.6 Å². The predicted molar refractivity (Wildman–Crippen MR) is 138 cm³/mol. The van der Waals surface area contributed by atoms with Crippen LogP contribution in [0.2, 0.25) is 0 Å². The van der Waals surface area contributed by atoms with E-state index in [9.17, 15) is 14.2 Å². The Hall–Kier alpha value is -1.94. The lowest BCUT2D eigenvalue weighted by Gasteiger charge is -2.21. The molecule has 3 nitrogen and oxygen atoms in total. The number of benzene rings is 3. The molecule has 0 saturated carbocycles. The molecule has 3 aromatic rings. The summed E-state index contributed by atoms with van der Waals surface area (Å²) in [6.07, 6.45) is 0. The Balaban J connectivity index is 2.07. The minimum atomic E-state index is -2.47. The number of ketones is 1. The lowest BCUT2D eigenvalue weighted by Crippen LogP contribution is -2.16. The van der Waals surface area contributed by atoms with E-state index < -0.39 is 13.3 Å². The van der Waals surface area contributed by atoms with Crippen molar-refractivity contribution >= 4 is 56.3 Å². The average molecular weight is 575 g/mol. The van der Waals surface area contributed by atoms with Crippen LogP contribution in [0.5, 0.6) is 0 Å². The predicted octanol–water partition coefficient (Wildman–Crippen LogP) is 7.65. The van der Waals surface area contributed by atoms with Crippen molar-refractivity contribution in [3.8, 4) is 0 Å². The Bertz CT molecular complexity index is 1220. The number of halogens is 2. The highest BCUT2D eigenvalue weighted by molar-refractivity contribution is 9.11. The van der Waals surface area contributed by atoms with Crippen molar-refractivity contribution < 1.29 is 14.2 Å². The standard InChI is InChI=1S/C26H24Br2O3P/c1-15-13-18(26(3,4)5)14-16(2)21(15)25(30)32(31)24-20(27)12-11-19(22(24)28)23(29)17-9-7-6-8-10-17/h6-14H,1-5H3/q+1. The number of hydrogen-bond acceptors (Lipinski definition) is 3. The van der Waals surface area contributed by atoms with Crippen molar-refractivity contribution in [3.63, 3.8) is 0 Å². The van der Waals surface area contributed by atoms with Crippen LogP contribution in [0.15, 0.2) is 63.5 Å². The van der Waals surface area contributed by atoms with Gasteiger partial charge in [0.05, 0.1) is 14.5 Å². The van der Waals surface area contributed by atoms with Gasteiger partial charge in [-0.05, 0) is 79.9 Å². The number of rotatable bonds is 5. The number of carbonyl (C=O) groups excluding carboxylic acids is 2. The van der Waals surface area contributed by atoms with Crippen LogP contribution in [0.4, 0.5) is 0 Å². The summed E-state index contributed by atoms with van der Waals surface area (Å²) in [5, 5.41) is 0.297. The zero-order valence-corrected chi connectivity index (χ0v) is 22.7. The Morgan fingerprint density at radius 3 is 1.97 bits per heavy atom. The summed E-state index contributed by atoms with van der Waals surface area (Å²) in [5.41, 5.74) is 3.57. The van der Waals surface area contributed by atoms with Crippen molar-refractivity contribution in [2.75, 3.05) is 0 Å². The maximum absolute atomic E-state index is 13.5. The molecule has 0 radical (unpaired) electrons. The highest BCUT2D eigenvalue weighted by Gasteiger charge is 2.40. The molecule has 0 fully saturated rings. The summed E-state index contributed by atoms with van der Waals surface area (Å²) in [7, 11) is -2.47. The topological polar surface area (TPSA) is 51.2 Å². The van der Waals surface area contributed by atoms with Crippen molar-refractivity contribution in [1.82, 2.24) is 0 Å². The van der Waals surface area contributed by atoms with Crippen LogP contribution in [0.25, 0.3) is 0 Å². The van der Waals surface area contributed by atoms with Crippen LogP contribution >= 0.6 is 39.7 Å². The third-order valence-electron chi connectivity index (χ3n) is 5.35. The molecule has 0 heterocycles. The molecule has 164 valence electrons. The second kappa shape index (κ2) is 9.51. The summed E-state index contributed by atoms with van der Waals surface area (Å²) in [6.45, 7) is 10.1. The zero-order valence-electron chi connectivity index (χ0n) is 18.6. The minimum Gasteiger partial charge on any atom is -0.289 e. The molecule has 0 aliphatic heterocycles. The average Bonchev–Trinajstić information content (AvgIpc) is 2.72. The van der Waals surface area contributed by atoms with Crippen molar-refractivity contribution in [1.29, 1.82) is 0 Å². The van der Waals surface area contributed by atoms with Crippen molar-refractivity contribution in [2.45, 2.75) is 40.0 Å². The third kappa shape index (κ3) is 4.85. The fourth-order valence-corrected chi connectivity index (χ4v) is 7.00. The van der Waals surface area contributed by atoms with Gasteiger partial charge in [0.25, 0.3) is 0 Å². The quantitative estimate of drug-likeness (QED) is 0.232. The molecule has 0 aliphatic rings. The van der Waals surface area contributed by atoms with Crippen LogP contribution in [-0.4, -0.2) is 11.3 Å². The molecule has 0 amide bonds. The van der Waals surface area contributed by atoms with E-state index in [-0.39, 0.29) is 11.2 Å². The van der Waals surface area contributed by atoms with E-state index in [0.29, 0.717) is 30.9 Å². The molecule has 1 atom stereocenters. The Morgan fingerprint density at radius 2 is 1.44 bits per heavy atom. The van der Waals surface area contributed by atoms with E-state index in [1.165, 1.54) is 0 Å². The summed E-state index contributed by atoms with van der Waals surface area (Å²) >= 11 is 6.88.